The largest absolute Gasteiger partial charge is 0.379 e. The smallest absolute Gasteiger partial charge is 0.248 e. The molecule has 0 unspecified atom stereocenters. The van der Waals surface area contributed by atoms with E-state index in [9.17, 15) is 13.2 Å². The highest BCUT2D eigenvalue weighted by atomic mass is 32.2. The Morgan fingerprint density at radius 2 is 1.86 bits per heavy atom. The minimum Gasteiger partial charge on any atom is -0.379 e. The van der Waals surface area contributed by atoms with Crippen molar-refractivity contribution in [3.8, 4) is 0 Å². The Hall–Kier alpha value is -1.49. The number of aryl methyl sites for hydroxylation is 2. The van der Waals surface area contributed by atoms with E-state index >= 15 is 0 Å². The maximum absolute atomic E-state index is 12.8. The minimum absolute atomic E-state index is 0.0244. The summed E-state index contributed by atoms with van der Waals surface area (Å²) in [7, 11) is -3.63. The van der Waals surface area contributed by atoms with Crippen LogP contribution in [0.1, 0.15) is 30.7 Å². The lowest BCUT2D eigenvalue weighted by Gasteiger charge is -2.30. The van der Waals surface area contributed by atoms with E-state index in [1.54, 1.807) is 13.8 Å². The normalized spacial score (nSPS) is 20.4. The fourth-order valence-electron chi connectivity index (χ4n) is 3.81. The molecule has 0 bridgehead atoms. The van der Waals surface area contributed by atoms with Gasteiger partial charge in [0.15, 0.2) is 5.76 Å². The predicted octanol–water partition coefficient (Wildman–Crippen LogP) is 0.531. The monoisotopic (exact) mass is 414 g/mol. The molecule has 2 fully saturated rings. The summed E-state index contributed by atoms with van der Waals surface area (Å²) in [4.78, 5) is 14.9. The lowest BCUT2D eigenvalue weighted by Crippen LogP contribution is -2.43. The highest BCUT2D eigenvalue weighted by molar-refractivity contribution is 7.89. The Balaban J connectivity index is 1.42. The molecule has 28 heavy (non-hydrogen) atoms. The zero-order valence-electron chi connectivity index (χ0n) is 16.6. The lowest BCUT2D eigenvalue weighted by molar-refractivity contribution is -0.126. The van der Waals surface area contributed by atoms with Crippen molar-refractivity contribution < 1.29 is 22.5 Å². The van der Waals surface area contributed by atoms with E-state index in [0.717, 1.165) is 39.3 Å². The molecule has 158 valence electrons. The molecule has 0 aliphatic carbocycles. The van der Waals surface area contributed by atoms with Crippen LogP contribution in [0.2, 0.25) is 0 Å². The first-order chi connectivity index (χ1) is 13.4. The third-order valence-corrected chi connectivity index (χ3v) is 7.59. The van der Waals surface area contributed by atoms with Gasteiger partial charge < -0.3 is 14.6 Å². The molecule has 10 heteroatoms. The number of rotatable bonds is 7. The number of hydrogen-bond donors (Lipinski definition) is 1. The molecule has 0 saturated carbocycles. The standard InChI is InChI=1S/C18H30N4O5S/c1-14-17(15(2)27-20-14)28(24,25)22-8-4-16(5-9-22)18(23)19-6-3-7-21-10-12-26-13-11-21/h16H,3-13H2,1-2H3,(H,19,23). The quantitative estimate of drug-likeness (QED) is 0.649. The van der Waals surface area contributed by atoms with Crippen molar-refractivity contribution in [1.29, 1.82) is 0 Å². The van der Waals surface area contributed by atoms with Crippen molar-refractivity contribution in [3.05, 3.63) is 11.5 Å². The number of nitrogens with zero attached hydrogens (tertiary/aromatic N) is 3. The molecule has 3 rings (SSSR count). The van der Waals surface area contributed by atoms with Crippen LogP contribution in [0.5, 0.6) is 0 Å². The Kier molecular flexibility index (Phi) is 7.08. The molecular formula is C18H30N4O5S. The van der Waals surface area contributed by atoms with Gasteiger partial charge in [0, 0.05) is 38.6 Å². The van der Waals surface area contributed by atoms with Crippen LogP contribution in [-0.4, -0.2) is 81.2 Å². The molecule has 1 aromatic rings. The summed E-state index contributed by atoms with van der Waals surface area (Å²) < 4.78 is 37.4. The van der Waals surface area contributed by atoms with Gasteiger partial charge in [0.1, 0.15) is 10.6 Å². The summed E-state index contributed by atoms with van der Waals surface area (Å²) >= 11 is 0. The van der Waals surface area contributed by atoms with Gasteiger partial charge in [-0.05, 0) is 39.7 Å². The Bertz CT molecular complexity index is 745. The van der Waals surface area contributed by atoms with Crippen LogP contribution < -0.4 is 5.32 Å². The van der Waals surface area contributed by atoms with Crippen molar-refractivity contribution in [2.24, 2.45) is 5.92 Å². The molecule has 1 amide bonds. The first-order valence-corrected chi connectivity index (χ1v) is 11.3. The summed E-state index contributed by atoms with van der Waals surface area (Å²) in [5, 5.41) is 6.74. The second-order valence-corrected chi connectivity index (χ2v) is 9.31. The molecular weight excluding hydrogens is 384 g/mol. The van der Waals surface area contributed by atoms with Gasteiger partial charge in [-0.25, -0.2) is 8.42 Å². The van der Waals surface area contributed by atoms with Crippen LogP contribution in [-0.2, 0) is 19.6 Å². The zero-order valence-corrected chi connectivity index (χ0v) is 17.5. The molecule has 0 radical (unpaired) electrons. The number of morpholine rings is 1. The van der Waals surface area contributed by atoms with E-state index in [1.165, 1.54) is 4.31 Å². The number of ether oxygens (including phenoxy) is 1. The minimum atomic E-state index is -3.63. The number of carbonyl (C=O) groups is 1. The third-order valence-electron chi connectivity index (χ3n) is 5.44. The second kappa shape index (κ2) is 9.34. The average molecular weight is 415 g/mol. The summed E-state index contributed by atoms with van der Waals surface area (Å²) in [5.41, 5.74) is 0.373. The van der Waals surface area contributed by atoms with Gasteiger partial charge in [-0.1, -0.05) is 5.16 Å². The van der Waals surface area contributed by atoms with Crippen molar-refractivity contribution >= 4 is 15.9 Å². The maximum Gasteiger partial charge on any atom is 0.248 e. The lowest BCUT2D eigenvalue weighted by atomic mass is 9.97. The molecule has 2 saturated heterocycles. The van der Waals surface area contributed by atoms with E-state index in [2.05, 4.69) is 15.4 Å². The Morgan fingerprint density at radius 3 is 2.46 bits per heavy atom. The van der Waals surface area contributed by atoms with Gasteiger partial charge in [0.25, 0.3) is 0 Å². The number of aromatic nitrogens is 1. The molecule has 0 atom stereocenters. The fourth-order valence-corrected chi connectivity index (χ4v) is 5.57. The summed E-state index contributed by atoms with van der Waals surface area (Å²) in [5.74, 6) is 0.188. The molecule has 2 aliphatic rings. The van der Waals surface area contributed by atoms with Gasteiger partial charge in [-0.2, -0.15) is 4.31 Å². The summed E-state index contributed by atoms with van der Waals surface area (Å²) in [6, 6.07) is 0. The van der Waals surface area contributed by atoms with Gasteiger partial charge in [0.2, 0.25) is 15.9 Å². The van der Waals surface area contributed by atoms with E-state index in [0.29, 0.717) is 43.9 Å². The number of piperidine rings is 1. The average Bonchev–Trinajstić information content (AvgIpc) is 3.05. The van der Waals surface area contributed by atoms with E-state index in [1.807, 2.05) is 0 Å². The number of carbonyl (C=O) groups excluding carboxylic acids is 1. The van der Waals surface area contributed by atoms with Crippen LogP contribution in [0.3, 0.4) is 0 Å². The number of nitrogens with one attached hydrogen (secondary N) is 1. The molecule has 3 heterocycles. The van der Waals surface area contributed by atoms with Gasteiger partial charge >= 0.3 is 0 Å². The van der Waals surface area contributed by atoms with Gasteiger partial charge in [-0.3, -0.25) is 9.69 Å². The van der Waals surface area contributed by atoms with Crippen molar-refractivity contribution in [3.63, 3.8) is 0 Å². The van der Waals surface area contributed by atoms with Crippen LogP contribution in [0.15, 0.2) is 9.42 Å². The fraction of sp³-hybridized carbons (Fsp3) is 0.778. The number of sulfonamides is 1. The zero-order chi connectivity index (χ0) is 20.1. The number of hydrogen-bond acceptors (Lipinski definition) is 7. The van der Waals surface area contributed by atoms with Crippen molar-refractivity contribution in [2.75, 3.05) is 52.5 Å². The van der Waals surface area contributed by atoms with Crippen LogP contribution in [0.25, 0.3) is 0 Å². The first kappa shape index (κ1) is 21.2. The molecule has 2 aliphatic heterocycles. The Morgan fingerprint density at radius 1 is 1.18 bits per heavy atom. The van der Waals surface area contributed by atoms with Crippen LogP contribution >= 0.6 is 0 Å². The topological polar surface area (TPSA) is 105 Å². The summed E-state index contributed by atoms with van der Waals surface area (Å²) in [6.45, 7) is 8.95. The van der Waals surface area contributed by atoms with Gasteiger partial charge in [0.05, 0.1) is 13.2 Å². The molecule has 9 nitrogen and oxygen atoms in total. The van der Waals surface area contributed by atoms with Gasteiger partial charge in [-0.15, -0.1) is 0 Å². The first-order valence-electron chi connectivity index (χ1n) is 9.90. The van der Waals surface area contributed by atoms with Crippen molar-refractivity contribution in [1.82, 2.24) is 19.7 Å². The molecule has 0 spiro atoms. The molecule has 1 N–H and O–H groups in total. The van der Waals surface area contributed by atoms with E-state index < -0.39 is 10.0 Å². The second-order valence-electron chi connectivity index (χ2n) is 7.43. The van der Waals surface area contributed by atoms with E-state index in [-0.39, 0.29) is 16.7 Å². The SMILES string of the molecule is Cc1noc(C)c1S(=O)(=O)N1CCC(C(=O)NCCCN2CCOCC2)CC1. The third kappa shape index (κ3) is 4.91. The maximum atomic E-state index is 12.8. The van der Waals surface area contributed by atoms with Crippen molar-refractivity contribution in [2.45, 2.75) is 38.0 Å². The summed E-state index contributed by atoms with van der Waals surface area (Å²) in [6.07, 6.45) is 1.96. The highest BCUT2D eigenvalue weighted by Gasteiger charge is 2.35. The molecule has 0 aromatic carbocycles. The predicted molar refractivity (Wildman–Crippen MR) is 102 cm³/mol. The molecule has 1 aromatic heterocycles. The van der Waals surface area contributed by atoms with E-state index in [4.69, 9.17) is 9.26 Å². The highest BCUT2D eigenvalue weighted by Crippen LogP contribution is 2.27. The Labute approximate surface area is 166 Å². The number of amides is 1. The van der Waals surface area contributed by atoms with Crippen LogP contribution in [0, 0.1) is 19.8 Å². The van der Waals surface area contributed by atoms with Crippen LogP contribution in [0.4, 0.5) is 0 Å².